The Bertz CT molecular complexity index is 506. The number of rotatable bonds is 6. The molecule has 0 radical (unpaired) electrons. The highest BCUT2D eigenvalue weighted by Gasteiger charge is 2.54. The quantitative estimate of drug-likeness (QED) is 0.344. The van der Waals surface area contributed by atoms with Gasteiger partial charge < -0.3 is 4.74 Å². The molecule has 0 fully saturated rings. The number of hydrogen-bond donors (Lipinski definition) is 0. The summed E-state index contributed by atoms with van der Waals surface area (Å²) in [7, 11) is 0. The van der Waals surface area contributed by atoms with E-state index in [-0.39, 0.29) is 16.8 Å². The molecular formula is C20H32O2. The molecule has 0 aliphatic heterocycles. The van der Waals surface area contributed by atoms with E-state index in [2.05, 4.69) is 47.8 Å². The number of hydrogen-bond acceptors (Lipinski definition) is 2. The first-order valence-electron chi connectivity index (χ1n) is 8.46. The van der Waals surface area contributed by atoms with Gasteiger partial charge >= 0.3 is 5.97 Å². The van der Waals surface area contributed by atoms with Crippen LogP contribution in [-0.4, -0.2) is 5.97 Å². The lowest BCUT2D eigenvalue weighted by Crippen LogP contribution is -2.47. The van der Waals surface area contributed by atoms with Crippen LogP contribution in [-0.2, 0) is 9.53 Å². The van der Waals surface area contributed by atoms with Gasteiger partial charge in [-0.25, -0.2) is 4.79 Å². The number of esters is 1. The summed E-state index contributed by atoms with van der Waals surface area (Å²) >= 11 is 0. The van der Waals surface area contributed by atoms with Gasteiger partial charge in [-0.1, -0.05) is 39.5 Å². The molecule has 22 heavy (non-hydrogen) atoms. The largest absolute Gasteiger partial charge is 0.427 e. The summed E-state index contributed by atoms with van der Waals surface area (Å²) in [6, 6.07) is 0. The fraction of sp³-hybridized carbons (Fsp3) is 0.650. The molecule has 124 valence electrons. The zero-order valence-corrected chi connectivity index (χ0v) is 15.3. The Morgan fingerprint density at radius 3 is 2.05 bits per heavy atom. The second-order valence-electron chi connectivity index (χ2n) is 6.78. The first kappa shape index (κ1) is 18.7. The van der Waals surface area contributed by atoms with Crippen molar-refractivity contribution in [3.63, 3.8) is 0 Å². The van der Waals surface area contributed by atoms with Crippen molar-refractivity contribution >= 4 is 5.97 Å². The van der Waals surface area contributed by atoms with Crippen molar-refractivity contribution in [3.05, 3.63) is 35.6 Å². The Morgan fingerprint density at radius 1 is 1.14 bits per heavy atom. The van der Waals surface area contributed by atoms with Gasteiger partial charge in [-0.15, -0.1) is 0 Å². The molecule has 0 unspecified atom stereocenters. The number of carbonyl (C=O) groups excluding carboxylic acids is 1. The Kier molecular flexibility index (Phi) is 5.83. The Labute approximate surface area is 136 Å². The third kappa shape index (κ3) is 2.68. The molecule has 2 nitrogen and oxygen atoms in total. The van der Waals surface area contributed by atoms with Crippen LogP contribution in [0.5, 0.6) is 0 Å². The fourth-order valence-electron chi connectivity index (χ4n) is 4.43. The fourth-order valence-corrected chi connectivity index (χ4v) is 4.43. The maximum absolute atomic E-state index is 12.2. The van der Waals surface area contributed by atoms with Crippen LogP contribution in [0.4, 0.5) is 0 Å². The molecule has 0 aromatic heterocycles. The molecule has 0 aromatic rings. The van der Waals surface area contributed by atoms with E-state index in [4.69, 9.17) is 4.74 Å². The van der Waals surface area contributed by atoms with E-state index in [1.165, 1.54) is 11.1 Å². The molecule has 0 amide bonds. The van der Waals surface area contributed by atoms with Crippen LogP contribution in [0, 0.1) is 10.8 Å². The van der Waals surface area contributed by atoms with Crippen LogP contribution in [0.1, 0.15) is 73.6 Å². The van der Waals surface area contributed by atoms with Crippen molar-refractivity contribution in [2.75, 3.05) is 0 Å². The molecule has 1 atom stereocenters. The first-order chi connectivity index (χ1) is 10.2. The third-order valence-corrected chi connectivity index (χ3v) is 5.84. The summed E-state index contributed by atoms with van der Waals surface area (Å²) in [6.45, 7) is 20.6. The van der Waals surface area contributed by atoms with Gasteiger partial charge in [-0.2, -0.15) is 0 Å². The predicted octanol–water partition coefficient (Wildman–Crippen LogP) is 5.95. The summed E-state index contributed by atoms with van der Waals surface area (Å²) in [6.07, 6.45) is 4.95. The molecule has 0 bridgehead atoms. The van der Waals surface area contributed by atoms with Gasteiger partial charge in [0.05, 0.1) is 0 Å². The molecule has 0 spiro atoms. The molecule has 0 N–H and O–H groups in total. The molecule has 0 heterocycles. The normalized spacial score (nSPS) is 24.1. The van der Waals surface area contributed by atoms with Crippen molar-refractivity contribution in [2.24, 2.45) is 10.8 Å². The van der Waals surface area contributed by atoms with Crippen LogP contribution in [0.2, 0.25) is 0 Å². The molecule has 0 saturated heterocycles. The van der Waals surface area contributed by atoms with E-state index in [1.54, 1.807) is 6.92 Å². The second kappa shape index (κ2) is 6.85. The SMILES string of the molecule is C=C(C)C(=O)OC1=C(C)CC[C@@](CC)(C(=C)C)C1(CC)CC. The second-order valence-corrected chi connectivity index (χ2v) is 6.78. The Hall–Kier alpha value is -1.31. The molecule has 0 saturated carbocycles. The average Bonchev–Trinajstić information content (AvgIpc) is 2.48. The maximum atomic E-state index is 12.2. The van der Waals surface area contributed by atoms with Gasteiger partial charge in [-0.05, 0) is 58.4 Å². The summed E-state index contributed by atoms with van der Waals surface area (Å²) in [5, 5.41) is 0. The average molecular weight is 304 g/mol. The van der Waals surface area contributed by atoms with Gasteiger partial charge in [-0.3, -0.25) is 0 Å². The lowest BCUT2D eigenvalue weighted by atomic mass is 9.50. The van der Waals surface area contributed by atoms with Gasteiger partial charge in [0.15, 0.2) is 0 Å². The van der Waals surface area contributed by atoms with Gasteiger partial charge in [0.2, 0.25) is 0 Å². The zero-order valence-electron chi connectivity index (χ0n) is 15.3. The van der Waals surface area contributed by atoms with Gasteiger partial charge in [0.1, 0.15) is 5.76 Å². The number of ether oxygens (including phenoxy) is 1. The number of carbonyl (C=O) groups is 1. The molecular weight excluding hydrogens is 272 g/mol. The van der Waals surface area contributed by atoms with Crippen LogP contribution in [0.3, 0.4) is 0 Å². The van der Waals surface area contributed by atoms with Crippen molar-refractivity contribution in [1.29, 1.82) is 0 Å². The van der Waals surface area contributed by atoms with Crippen LogP contribution >= 0.6 is 0 Å². The van der Waals surface area contributed by atoms with Crippen molar-refractivity contribution in [3.8, 4) is 0 Å². The lowest BCUT2D eigenvalue weighted by molar-refractivity contribution is -0.139. The summed E-state index contributed by atoms with van der Waals surface area (Å²) < 4.78 is 5.87. The monoisotopic (exact) mass is 304 g/mol. The highest BCUT2D eigenvalue weighted by atomic mass is 16.5. The standard InChI is InChI=1S/C20H32O2/c1-9-19(10-2)17(22-18(21)14(4)5)16(8)12-13-20(19,11-3)15(6)7/h4,6,9-13H2,1-3,5,7-8H3/t20-/m0/s1. The smallest absolute Gasteiger partial charge is 0.338 e. The van der Waals surface area contributed by atoms with E-state index < -0.39 is 0 Å². The zero-order chi connectivity index (χ0) is 17.1. The molecule has 1 aliphatic carbocycles. The van der Waals surface area contributed by atoms with E-state index >= 15 is 0 Å². The van der Waals surface area contributed by atoms with E-state index in [1.807, 2.05) is 0 Å². The van der Waals surface area contributed by atoms with Crippen LogP contribution in [0.15, 0.2) is 35.6 Å². The summed E-state index contributed by atoms with van der Waals surface area (Å²) in [5.74, 6) is 0.566. The molecule has 0 aromatic carbocycles. The summed E-state index contributed by atoms with van der Waals surface area (Å²) in [4.78, 5) is 12.2. The Morgan fingerprint density at radius 2 is 1.68 bits per heavy atom. The molecule has 2 heteroatoms. The van der Waals surface area contributed by atoms with Gasteiger partial charge in [0.25, 0.3) is 0 Å². The van der Waals surface area contributed by atoms with Gasteiger partial charge in [0, 0.05) is 16.4 Å². The topological polar surface area (TPSA) is 26.3 Å². The minimum Gasteiger partial charge on any atom is -0.427 e. The maximum Gasteiger partial charge on any atom is 0.338 e. The first-order valence-corrected chi connectivity index (χ1v) is 8.46. The lowest BCUT2D eigenvalue weighted by Gasteiger charge is -2.54. The minimum atomic E-state index is -0.311. The Balaban J connectivity index is 3.52. The van der Waals surface area contributed by atoms with E-state index in [0.717, 1.165) is 37.9 Å². The van der Waals surface area contributed by atoms with E-state index in [0.29, 0.717) is 5.57 Å². The van der Waals surface area contributed by atoms with Crippen molar-refractivity contribution < 1.29 is 9.53 Å². The number of allylic oxidation sites excluding steroid dienone is 3. The highest BCUT2D eigenvalue weighted by Crippen LogP contribution is 2.62. The van der Waals surface area contributed by atoms with E-state index in [9.17, 15) is 4.79 Å². The highest BCUT2D eigenvalue weighted by molar-refractivity contribution is 5.87. The van der Waals surface area contributed by atoms with Crippen molar-refractivity contribution in [2.45, 2.75) is 73.6 Å². The molecule has 1 aliphatic rings. The van der Waals surface area contributed by atoms with Crippen LogP contribution < -0.4 is 0 Å². The molecule has 1 rings (SSSR count). The predicted molar refractivity (Wildman–Crippen MR) is 93.4 cm³/mol. The summed E-state index contributed by atoms with van der Waals surface area (Å²) in [5.41, 5.74) is 2.70. The van der Waals surface area contributed by atoms with Crippen LogP contribution in [0.25, 0.3) is 0 Å². The minimum absolute atomic E-state index is 0.000693. The van der Waals surface area contributed by atoms with Crippen molar-refractivity contribution in [1.82, 2.24) is 0 Å². The third-order valence-electron chi connectivity index (χ3n) is 5.84.